The molecule has 0 unspecified atom stereocenters. The molecule has 68 valence electrons. The van der Waals surface area contributed by atoms with Gasteiger partial charge >= 0.3 is 0 Å². The first kappa shape index (κ1) is 8.31. The molecule has 2 atom stereocenters. The normalized spacial score (nSPS) is 36.4. The van der Waals surface area contributed by atoms with Crippen molar-refractivity contribution in [3.05, 3.63) is 12.2 Å². The molecule has 1 heteroatoms. The van der Waals surface area contributed by atoms with Crippen LogP contribution in [0.3, 0.4) is 0 Å². The second-order valence-electron chi connectivity index (χ2n) is 4.26. The maximum absolute atomic E-state index is 9.08. The molecule has 0 aliphatic heterocycles. The molecule has 12 heavy (non-hydrogen) atoms. The first-order valence-electron chi connectivity index (χ1n) is 5.19. The summed E-state index contributed by atoms with van der Waals surface area (Å²) in [5, 5.41) is 9.08. The number of rotatable bonds is 3. The molecular formula is C11H18O. The van der Waals surface area contributed by atoms with Crippen molar-refractivity contribution in [2.45, 2.75) is 32.1 Å². The molecule has 0 radical (unpaired) electrons. The Balaban J connectivity index is 1.84. The first-order chi connectivity index (χ1) is 5.90. The van der Waals surface area contributed by atoms with Gasteiger partial charge in [-0.05, 0) is 43.4 Å². The van der Waals surface area contributed by atoms with E-state index >= 15 is 0 Å². The van der Waals surface area contributed by atoms with Gasteiger partial charge in [-0.25, -0.2) is 0 Å². The molecule has 2 saturated carbocycles. The van der Waals surface area contributed by atoms with Crippen LogP contribution in [-0.2, 0) is 0 Å². The van der Waals surface area contributed by atoms with Gasteiger partial charge in [0.25, 0.3) is 0 Å². The molecule has 1 N–H and O–H groups in total. The molecule has 0 heterocycles. The third-order valence-electron chi connectivity index (χ3n) is 3.20. The third kappa shape index (κ3) is 1.89. The average molecular weight is 166 g/mol. The van der Waals surface area contributed by atoms with Crippen molar-refractivity contribution in [3.63, 3.8) is 0 Å². The lowest BCUT2D eigenvalue weighted by Crippen LogP contribution is -2.09. The van der Waals surface area contributed by atoms with E-state index in [0.717, 1.165) is 5.92 Å². The summed E-state index contributed by atoms with van der Waals surface area (Å²) < 4.78 is 0. The summed E-state index contributed by atoms with van der Waals surface area (Å²) in [6, 6.07) is 0. The highest BCUT2D eigenvalue weighted by molar-refractivity contribution is 5.01. The van der Waals surface area contributed by atoms with Gasteiger partial charge in [-0.3, -0.25) is 0 Å². The van der Waals surface area contributed by atoms with E-state index in [1.165, 1.54) is 32.1 Å². The van der Waals surface area contributed by atoms with Crippen molar-refractivity contribution in [1.82, 2.24) is 0 Å². The lowest BCUT2D eigenvalue weighted by atomic mass is 9.96. The predicted octanol–water partition coefficient (Wildman–Crippen LogP) is 2.36. The number of aliphatic hydroxyl groups is 1. The van der Waals surface area contributed by atoms with Crippen molar-refractivity contribution >= 4 is 0 Å². The van der Waals surface area contributed by atoms with Gasteiger partial charge in [-0.15, -0.1) is 0 Å². The fourth-order valence-electron chi connectivity index (χ4n) is 2.13. The van der Waals surface area contributed by atoms with Crippen molar-refractivity contribution in [1.29, 1.82) is 0 Å². The topological polar surface area (TPSA) is 20.2 Å². The van der Waals surface area contributed by atoms with Crippen molar-refractivity contribution in [2.24, 2.45) is 17.8 Å². The maximum Gasteiger partial charge on any atom is 0.0464 e. The van der Waals surface area contributed by atoms with Crippen LogP contribution >= 0.6 is 0 Å². The molecule has 1 nitrogen and oxygen atoms in total. The summed E-state index contributed by atoms with van der Waals surface area (Å²) in [7, 11) is 0. The second kappa shape index (κ2) is 3.61. The van der Waals surface area contributed by atoms with E-state index in [1.54, 1.807) is 0 Å². The smallest absolute Gasteiger partial charge is 0.0464 e. The van der Waals surface area contributed by atoms with Crippen LogP contribution < -0.4 is 0 Å². The molecule has 0 bridgehead atoms. The van der Waals surface area contributed by atoms with E-state index in [1.807, 2.05) is 0 Å². The zero-order valence-corrected chi connectivity index (χ0v) is 7.58. The molecular weight excluding hydrogens is 148 g/mol. The van der Waals surface area contributed by atoms with Crippen LogP contribution in [0.1, 0.15) is 32.1 Å². The quantitative estimate of drug-likeness (QED) is 0.638. The number of hydrogen-bond acceptors (Lipinski definition) is 1. The standard InChI is InChI=1S/C11H18O/c12-8-11-3-1-2-10(11)7-6-9-4-5-9/h6-7,9-12H,1-5,8H2/b7-6+/t10-,11+/m1/s1. The minimum absolute atomic E-state index is 0.389. The summed E-state index contributed by atoms with van der Waals surface area (Å²) in [5.74, 6) is 2.15. The van der Waals surface area contributed by atoms with Gasteiger partial charge in [-0.1, -0.05) is 18.6 Å². The minimum Gasteiger partial charge on any atom is -0.396 e. The van der Waals surface area contributed by atoms with Gasteiger partial charge in [0.05, 0.1) is 0 Å². The zero-order valence-electron chi connectivity index (χ0n) is 7.58. The molecule has 2 aliphatic rings. The van der Waals surface area contributed by atoms with Crippen LogP contribution in [0, 0.1) is 17.8 Å². The van der Waals surface area contributed by atoms with E-state index < -0.39 is 0 Å². The molecule has 2 fully saturated rings. The van der Waals surface area contributed by atoms with E-state index in [0.29, 0.717) is 18.4 Å². The molecule has 0 aromatic carbocycles. The Morgan fingerprint density at radius 3 is 2.58 bits per heavy atom. The van der Waals surface area contributed by atoms with Crippen LogP contribution in [0.4, 0.5) is 0 Å². The Bertz CT molecular complexity index is 170. The molecule has 0 saturated heterocycles. The monoisotopic (exact) mass is 166 g/mol. The fraction of sp³-hybridized carbons (Fsp3) is 0.818. The summed E-state index contributed by atoms with van der Waals surface area (Å²) in [5.41, 5.74) is 0. The van der Waals surface area contributed by atoms with Crippen LogP contribution in [0.2, 0.25) is 0 Å². The van der Waals surface area contributed by atoms with Gasteiger partial charge in [0.1, 0.15) is 0 Å². The Morgan fingerprint density at radius 1 is 1.08 bits per heavy atom. The van der Waals surface area contributed by atoms with E-state index in [9.17, 15) is 0 Å². The van der Waals surface area contributed by atoms with Crippen LogP contribution in [0.15, 0.2) is 12.2 Å². The van der Waals surface area contributed by atoms with E-state index in [-0.39, 0.29) is 0 Å². The summed E-state index contributed by atoms with van der Waals surface area (Å²) in [6.45, 7) is 0.389. The summed E-state index contributed by atoms with van der Waals surface area (Å²) >= 11 is 0. The molecule has 0 aromatic heterocycles. The molecule has 2 rings (SSSR count). The van der Waals surface area contributed by atoms with E-state index in [2.05, 4.69) is 12.2 Å². The predicted molar refractivity (Wildman–Crippen MR) is 49.8 cm³/mol. The van der Waals surface area contributed by atoms with Crippen molar-refractivity contribution < 1.29 is 5.11 Å². The SMILES string of the molecule is OC[C@@H]1CCC[C@@H]1/C=C/C1CC1. The Hall–Kier alpha value is -0.300. The lowest BCUT2D eigenvalue weighted by Gasteiger charge is -2.12. The fourth-order valence-corrected chi connectivity index (χ4v) is 2.13. The molecule has 2 aliphatic carbocycles. The largest absolute Gasteiger partial charge is 0.396 e. The van der Waals surface area contributed by atoms with Crippen LogP contribution in [-0.4, -0.2) is 11.7 Å². The van der Waals surface area contributed by atoms with Gasteiger partial charge in [0, 0.05) is 6.61 Å². The van der Waals surface area contributed by atoms with Gasteiger partial charge in [0.15, 0.2) is 0 Å². The molecule has 0 amide bonds. The van der Waals surface area contributed by atoms with Crippen LogP contribution in [0.25, 0.3) is 0 Å². The third-order valence-corrected chi connectivity index (χ3v) is 3.20. The number of allylic oxidation sites excluding steroid dienone is 2. The highest BCUT2D eigenvalue weighted by Crippen LogP contribution is 2.35. The van der Waals surface area contributed by atoms with Gasteiger partial charge in [0.2, 0.25) is 0 Å². The Morgan fingerprint density at radius 2 is 1.92 bits per heavy atom. The van der Waals surface area contributed by atoms with Gasteiger partial charge in [-0.2, -0.15) is 0 Å². The number of hydrogen-bond donors (Lipinski definition) is 1. The van der Waals surface area contributed by atoms with E-state index in [4.69, 9.17) is 5.11 Å². The minimum atomic E-state index is 0.389. The Labute approximate surface area is 74.5 Å². The first-order valence-corrected chi connectivity index (χ1v) is 5.19. The summed E-state index contributed by atoms with van der Waals surface area (Å²) in [6.07, 6.45) is 11.4. The second-order valence-corrected chi connectivity index (χ2v) is 4.26. The molecule has 0 spiro atoms. The Kier molecular flexibility index (Phi) is 2.50. The maximum atomic E-state index is 9.08. The molecule has 0 aromatic rings. The number of aliphatic hydroxyl groups excluding tert-OH is 1. The zero-order chi connectivity index (χ0) is 8.39. The van der Waals surface area contributed by atoms with Gasteiger partial charge < -0.3 is 5.11 Å². The van der Waals surface area contributed by atoms with Crippen molar-refractivity contribution in [3.8, 4) is 0 Å². The highest BCUT2D eigenvalue weighted by Gasteiger charge is 2.25. The lowest BCUT2D eigenvalue weighted by molar-refractivity contribution is 0.210. The average Bonchev–Trinajstić information content (AvgIpc) is 2.81. The van der Waals surface area contributed by atoms with Crippen molar-refractivity contribution in [2.75, 3.05) is 6.61 Å². The van der Waals surface area contributed by atoms with Crippen LogP contribution in [0.5, 0.6) is 0 Å². The highest BCUT2D eigenvalue weighted by atomic mass is 16.3. The summed E-state index contributed by atoms with van der Waals surface area (Å²) in [4.78, 5) is 0.